The Balaban J connectivity index is 2.11. The molecule has 0 amide bonds. The molecule has 0 unspecified atom stereocenters. The number of rotatable bonds is 4. The second-order valence-corrected chi connectivity index (χ2v) is 3.89. The van der Waals surface area contributed by atoms with E-state index in [0.717, 1.165) is 16.7 Å². The molecule has 0 aliphatic carbocycles. The molecular weight excluding hydrogens is 210 g/mol. The van der Waals surface area contributed by atoms with Crippen molar-refractivity contribution in [3.63, 3.8) is 0 Å². The molecule has 0 saturated carbocycles. The Morgan fingerprint density at radius 2 is 2.06 bits per heavy atom. The van der Waals surface area contributed by atoms with Gasteiger partial charge in [-0.15, -0.1) is 0 Å². The van der Waals surface area contributed by atoms with Gasteiger partial charge in [0, 0.05) is 11.8 Å². The molecule has 0 radical (unpaired) electrons. The molecule has 0 N–H and O–H groups in total. The third-order valence-electron chi connectivity index (χ3n) is 2.45. The van der Waals surface area contributed by atoms with Gasteiger partial charge in [-0.25, -0.2) is 4.98 Å². The Morgan fingerprint density at radius 1 is 1.29 bits per heavy atom. The van der Waals surface area contributed by atoms with Crippen molar-refractivity contribution in [2.45, 2.75) is 13.5 Å². The van der Waals surface area contributed by atoms with Crippen LogP contribution in [0.2, 0.25) is 0 Å². The summed E-state index contributed by atoms with van der Waals surface area (Å²) in [5, 5.41) is 0. The Hall–Kier alpha value is -2.09. The molecule has 86 valence electrons. The molecule has 2 nitrogen and oxygen atoms in total. The first-order valence-electron chi connectivity index (χ1n) is 5.55. The summed E-state index contributed by atoms with van der Waals surface area (Å²) >= 11 is 0. The summed E-state index contributed by atoms with van der Waals surface area (Å²) in [5.74, 6) is 0.634. The number of nitrogens with zero attached hydrogens (tertiary/aromatic N) is 1. The van der Waals surface area contributed by atoms with E-state index in [1.807, 2.05) is 43.3 Å². The maximum atomic E-state index is 5.69. The largest absolute Gasteiger partial charge is 0.472 e. The second-order valence-electron chi connectivity index (χ2n) is 3.89. The lowest BCUT2D eigenvalue weighted by Gasteiger charge is -2.08. The zero-order valence-corrected chi connectivity index (χ0v) is 9.89. The van der Waals surface area contributed by atoms with E-state index >= 15 is 0 Å². The van der Waals surface area contributed by atoms with Crippen molar-refractivity contribution < 1.29 is 4.74 Å². The molecule has 2 rings (SSSR count). The van der Waals surface area contributed by atoms with E-state index in [0.29, 0.717) is 12.5 Å². The van der Waals surface area contributed by atoms with E-state index in [9.17, 15) is 0 Å². The van der Waals surface area contributed by atoms with Crippen LogP contribution in [-0.2, 0) is 6.61 Å². The van der Waals surface area contributed by atoms with Crippen molar-refractivity contribution in [2.24, 2.45) is 0 Å². The van der Waals surface area contributed by atoms with Crippen molar-refractivity contribution in [3.05, 3.63) is 65.9 Å². The normalized spacial score (nSPS) is 9.94. The van der Waals surface area contributed by atoms with E-state index in [1.165, 1.54) is 0 Å². The third-order valence-corrected chi connectivity index (χ3v) is 2.45. The molecule has 0 aliphatic heterocycles. The van der Waals surface area contributed by atoms with Crippen LogP contribution in [0.3, 0.4) is 0 Å². The first-order valence-corrected chi connectivity index (χ1v) is 5.55. The van der Waals surface area contributed by atoms with Crippen molar-refractivity contribution in [1.29, 1.82) is 0 Å². The lowest BCUT2D eigenvalue weighted by atomic mass is 10.2. The van der Waals surface area contributed by atoms with Gasteiger partial charge in [-0.1, -0.05) is 43.0 Å². The molecule has 2 aromatic rings. The summed E-state index contributed by atoms with van der Waals surface area (Å²) in [6, 6.07) is 12.1. The van der Waals surface area contributed by atoms with Gasteiger partial charge in [0.25, 0.3) is 0 Å². The SMILES string of the molecule is C=Cc1cc(C)cnc1OCc1ccccc1. The second kappa shape index (κ2) is 5.30. The number of aryl methyl sites for hydroxylation is 1. The molecule has 1 aromatic carbocycles. The highest BCUT2D eigenvalue weighted by molar-refractivity contribution is 5.53. The first-order chi connectivity index (χ1) is 8.29. The topological polar surface area (TPSA) is 22.1 Å². The van der Waals surface area contributed by atoms with Crippen LogP contribution >= 0.6 is 0 Å². The molecule has 0 bridgehead atoms. The highest BCUT2D eigenvalue weighted by Crippen LogP contribution is 2.18. The molecule has 0 fully saturated rings. The minimum atomic E-state index is 0.526. The van der Waals surface area contributed by atoms with Crippen molar-refractivity contribution >= 4 is 6.08 Å². The maximum absolute atomic E-state index is 5.69. The molecule has 17 heavy (non-hydrogen) atoms. The van der Waals surface area contributed by atoms with Gasteiger partial charge in [-0.05, 0) is 24.1 Å². The van der Waals surface area contributed by atoms with Crippen LogP contribution in [0.25, 0.3) is 6.08 Å². The predicted octanol–water partition coefficient (Wildman–Crippen LogP) is 3.61. The van der Waals surface area contributed by atoms with Crippen molar-refractivity contribution in [2.75, 3.05) is 0 Å². The van der Waals surface area contributed by atoms with Crippen LogP contribution in [0, 0.1) is 6.92 Å². The molecule has 0 aliphatic rings. The van der Waals surface area contributed by atoms with E-state index < -0.39 is 0 Å². The van der Waals surface area contributed by atoms with Crippen LogP contribution in [0.15, 0.2) is 49.2 Å². The lowest BCUT2D eigenvalue weighted by Crippen LogP contribution is -1.99. The van der Waals surface area contributed by atoms with Crippen molar-refractivity contribution in [1.82, 2.24) is 4.98 Å². The summed E-state index contributed by atoms with van der Waals surface area (Å²) in [6.07, 6.45) is 3.56. The Kier molecular flexibility index (Phi) is 3.55. The van der Waals surface area contributed by atoms with E-state index in [1.54, 1.807) is 12.3 Å². The summed E-state index contributed by atoms with van der Waals surface area (Å²) in [6.45, 7) is 6.29. The highest BCUT2D eigenvalue weighted by Gasteiger charge is 2.02. The average molecular weight is 225 g/mol. The molecular formula is C15H15NO. The minimum Gasteiger partial charge on any atom is -0.472 e. The first kappa shape index (κ1) is 11.4. The maximum Gasteiger partial charge on any atom is 0.221 e. The van der Waals surface area contributed by atoms with Crippen LogP contribution < -0.4 is 4.74 Å². The summed E-state index contributed by atoms with van der Waals surface area (Å²) < 4.78 is 5.69. The number of pyridine rings is 1. The van der Waals surface area contributed by atoms with E-state index in [-0.39, 0.29) is 0 Å². The molecule has 0 atom stereocenters. The Morgan fingerprint density at radius 3 is 2.76 bits per heavy atom. The molecule has 0 saturated heterocycles. The van der Waals surface area contributed by atoms with Gasteiger partial charge < -0.3 is 4.74 Å². The van der Waals surface area contributed by atoms with Gasteiger partial charge in [-0.2, -0.15) is 0 Å². The lowest BCUT2D eigenvalue weighted by molar-refractivity contribution is 0.293. The van der Waals surface area contributed by atoms with Crippen LogP contribution in [-0.4, -0.2) is 4.98 Å². The van der Waals surface area contributed by atoms with Gasteiger partial charge in [-0.3, -0.25) is 0 Å². The number of hydrogen-bond acceptors (Lipinski definition) is 2. The fraction of sp³-hybridized carbons (Fsp3) is 0.133. The van der Waals surface area contributed by atoms with Crippen LogP contribution in [0.5, 0.6) is 5.88 Å². The fourth-order valence-electron chi connectivity index (χ4n) is 1.57. The predicted molar refractivity (Wildman–Crippen MR) is 69.8 cm³/mol. The summed E-state index contributed by atoms with van der Waals surface area (Å²) in [4.78, 5) is 4.27. The third kappa shape index (κ3) is 2.94. The monoisotopic (exact) mass is 225 g/mol. The summed E-state index contributed by atoms with van der Waals surface area (Å²) in [5.41, 5.74) is 3.16. The zero-order chi connectivity index (χ0) is 12.1. The molecule has 2 heteroatoms. The van der Waals surface area contributed by atoms with Gasteiger partial charge in [0.15, 0.2) is 0 Å². The van der Waals surface area contributed by atoms with Crippen LogP contribution in [0.4, 0.5) is 0 Å². The van der Waals surface area contributed by atoms with Crippen LogP contribution in [0.1, 0.15) is 16.7 Å². The quantitative estimate of drug-likeness (QED) is 0.793. The standard InChI is InChI=1S/C15H15NO/c1-3-14-9-12(2)10-16-15(14)17-11-13-7-5-4-6-8-13/h3-10H,1,11H2,2H3. The van der Waals surface area contributed by atoms with Gasteiger partial charge in [0.2, 0.25) is 5.88 Å². The van der Waals surface area contributed by atoms with E-state index in [4.69, 9.17) is 4.74 Å². The van der Waals surface area contributed by atoms with Crippen molar-refractivity contribution in [3.8, 4) is 5.88 Å². The number of aromatic nitrogens is 1. The number of ether oxygens (including phenoxy) is 1. The average Bonchev–Trinajstić information content (AvgIpc) is 2.38. The minimum absolute atomic E-state index is 0.526. The Bertz CT molecular complexity index is 506. The van der Waals surface area contributed by atoms with E-state index in [2.05, 4.69) is 11.6 Å². The zero-order valence-electron chi connectivity index (χ0n) is 9.89. The van der Waals surface area contributed by atoms with Gasteiger partial charge in [0.1, 0.15) is 6.61 Å². The molecule has 0 spiro atoms. The Labute approximate surface area is 102 Å². The number of benzene rings is 1. The van der Waals surface area contributed by atoms with Gasteiger partial charge in [0.05, 0.1) is 0 Å². The summed E-state index contributed by atoms with van der Waals surface area (Å²) in [7, 11) is 0. The smallest absolute Gasteiger partial charge is 0.221 e. The van der Waals surface area contributed by atoms with Gasteiger partial charge >= 0.3 is 0 Å². The molecule has 1 heterocycles. The highest BCUT2D eigenvalue weighted by atomic mass is 16.5. The molecule has 1 aromatic heterocycles. The fourth-order valence-corrected chi connectivity index (χ4v) is 1.57. The number of hydrogen-bond donors (Lipinski definition) is 0.